The van der Waals surface area contributed by atoms with E-state index in [2.05, 4.69) is 19.9 Å². The molecule has 2 heterocycles. The van der Waals surface area contributed by atoms with Crippen LogP contribution >= 0.6 is 0 Å². The summed E-state index contributed by atoms with van der Waals surface area (Å²) in [5, 5.41) is 3.04. The third kappa shape index (κ3) is 6.59. The first-order valence-electron chi connectivity index (χ1n) is 10.7. The lowest BCUT2D eigenvalue weighted by atomic mass is 10.0. The summed E-state index contributed by atoms with van der Waals surface area (Å²) in [5.41, 5.74) is 3.51. The number of amides is 1. The molecule has 8 heteroatoms. The summed E-state index contributed by atoms with van der Waals surface area (Å²) in [6, 6.07) is 9.77. The van der Waals surface area contributed by atoms with Crippen LogP contribution in [0.15, 0.2) is 41.4 Å². The smallest absolute Gasteiger partial charge is 0.241 e. The molecule has 168 valence electrons. The zero-order chi connectivity index (χ0) is 22.4. The molecule has 2 N–H and O–H groups in total. The minimum Gasteiger partial charge on any atom is -0.353 e. The Kier molecular flexibility index (Phi) is 7.80. The van der Waals surface area contributed by atoms with Crippen molar-refractivity contribution >= 4 is 15.9 Å². The lowest BCUT2D eigenvalue weighted by Gasteiger charge is -2.32. The fraction of sp³-hybridized carbons (Fsp3) is 0.478. The number of sulfonamides is 1. The number of benzene rings is 1. The number of rotatable bonds is 8. The predicted octanol–water partition coefficient (Wildman–Crippen LogP) is 2.46. The van der Waals surface area contributed by atoms with E-state index in [1.54, 1.807) is 20.0 Å². The average molecular weight is 445 g/mol. The number of carbonyl (C=O) groups excluding carboxylic acids is 1. The Morgan fingerprint density at radius 1 is 1.13 bits per heavy atom. The highest BCUT2D eigenvalue weighted by molar-refractivity contribution is 7.89. The minimum atomic E-state index is -3.65. The van der Waals surface area contributed by atoms with Gasteiger partial charge in [0.15, 0.2) is 0 Å². The third-order valence-corrected chi connectivity index (χ3v) is 7.35. The van der Waals surface area contributed by atoms with Gasteiger partial charge in [0.25, 0.3) is 0 Å². The highest BCUT2D eigenvalue weighted by Crippen LogP contribution is 2.21. The van der Waals surface area contributed by atoms with Crippen LogP contribution in [0.2, 0.25) is 0 Å². The van der Waals surface area contributed by atoms with E-state index < -0.39 is 10.0 Å². The van der Waals surface area contributed by atoms with Gasteiger partial charge in [-0.15, -0.1) is 0 Å². The van der Waals surface area contributed by atoms with Gasteiger partial charge in [0, 0.05) is 44.8 Å². The van der Waals surface area contributed by atoms with Crippen LogP contribution in [0, 0.1) is 20.8 Å². The molecule has 0 unspecified atom stereocenters. The molecule has 0 radical (unpaired) electrons. The molecule has 0 saturated carbocycles. The number of carbonyl (C=O) groups is 1. The van der Waals surface area contributed by atoms with E-state index in [-0.39, 0.29) is 24.9 Å². The highest BCUT2D eigenvalue weighted by atomic mass is 32.2. The summed E-state index contributed by atoms with van der Waals surface area (Å²) < 4.78 is 28.0. The van der Waals surface area contributed by atoms with Gasteiger partial charge in [0.2, 0.25) is 15.9 Å². The highest BCUT2D eigenvalue weighted by Gasteiger charge is 2.22. The Hall–Kier alpha value is -2.29. The summed E-state index contributed by atoms with van der Waals surface area (Å²) in [7, 11) is -3.65. The van der Waals surface area contributed by atoms with Crippen LogP contribution in [-0.2, 0) is 21.4 Å². The van der Waals surface area contributed by atoms with E-state index in [4.69, 9.17) is 0 Å². The van der Waals surface area contributed by atoms with Crippen molar-refractivity contribution in [1.82, 2.24) is 19.9 Å². The van der Waals surface area contributed by atoms with Crippen molar-refractivity contribution in [3.05, 3.63) is 58.9 Å². The molecule has 1 aromatic carbocycles. The molecule has 0 bridgehead atoms. The molecule has 7 nitrogen and oxygen atoms in total. The number of pyridine rings is 1. The molecule has 1 saturated heterocycles. The molecule has 31 heavy (non-hydrogen) atoms. The molecular formula is C23H32N4O3S. The molecular weight excluding hydrogens is 412 g/mol. The van der Waals surface area contributed by atoms with Gasteiger partial charge >= 0.3 is 0 Å². The van der Waals surface area contributed by atoms with Crippen molar-refractivity contribution in [3.63, 3.8) is 0 Å². The molecule has 1 aliphatic rings. The molecule has 0 atom stereocenters. The standard InChI is InChI=1S/C23H32N4O3S/c1-17-14-18(2)23(19(3)15-17)31(29,30)25-11-7-22(28)26-20-8-12-27(13-9-20)16-21-6-4-5-10-24-21/h4-6,10,14-15,20,25H,7-9,11-13,16H2,1-3H3,(H,26,28). The largest absolute Gasteiger partial charge is 0.353 e. The number of likely N-dealkylation sites (tertiary alicyclic amines) is 1. The van der Waals surface area contributed by atoms with Gasteiger partial charge < -0.3 is 5.32 Å². The molecule has 1 aliphatic heterocycles. The maximum Gasteiger partial charge on any atom is 0.241 e. The zero-order valence-electron chi connectivity index (χ0n) is 18.5. The fourth-order valence-electron chi connectivity index (χ4n) is 4.22. The Morgan fingerprint density at radius 2 is 1.81 bits per heavy atom. The third-order valence-electron chi connectivity index (χ3n) is 5.58. The van der Waals surface area contributed by atoms with Crippen LogP contribution in [0.25, 0.3) is 0 Å². The molecule has 1 fully saturated rings. The van der Waals surface area contributed by atoms with Crippen LogP contribution in [0.5, 0.6) is 0 Å². The van der Waals surface area contributed by atoms with Crippen molar-refractivity contribution in [2.24, 2.45) is 0 Å². The molecule has 2 aromatic rings. The van der Waals surface area contributed by atoms with E-state index >= 15 is 0 Å². The van der Waals surface area contributed by atoms with Crippen LogP contribution in [-0.4, -0.2) is 49.9 Å². The first kappa shape index (κ1) is 23.4. The van der Waals surface area contributed by atoms with Gasteiger partial charge in [-0.05, 0) is 56.9 Å². The topological polar surface area (TPSA) is 91.4 Å². The van der Waals surface area contributed by atoms with Crippen molar-refractivity contribution in [1.29, 1.82) is 0 Å². The number of hydrogen-bond acceptors (Lipinski definition) is 5. The number of hydrogen-bond donors (Lipinski definition) is 2. The van der Waals surface area contributed by atoms with Crippen LogP contribution in [0.3, 0.4) is 0 Å². The second-order valence-electron chi connectivity index (χ2n) is 8.31. The maximum atomic E-state index is 12.7. The lowest BCUT2D eigenvalue weighted by molar-refractivity contribution is -0.121. The van der Waals surface area contributed by atoms with Gasteiger partial charge in [-0.1, -0.05) is 23.8 Å². The maximum absolute atomic E-state index is 12.7. The number of aryl methyl sites for hydroxylation is 3. The Balaban J connectivity index is 1.42. The lowest BCUT2D eigenvalue weighted by Crippen LogP contribution is -2.45. The van der Waals surface area contributed by atoms with Gasteiger partial charge in [0.1, 0.15) is 0 Å². The van der Waals surface area contributed by atoms with E-state index in [0.717, 1.165) is 43.7 Å². The fourth-order valence-corrected chi connectivity index (χ4v) is 5.70. The summed E-state index contributed by atoms with van der Waals surface area (Å²) in [4.78, 5) is 19.3. The Morgan fingerprint density at radius 3 is 2.42 bits per heavy atom. The normalized spacial score (nSPS) is 15.7. The number of nitrogens with one attached hydrogen (secondary N) is 2. The van der Waals surface area contributed by atoms with Crippen molar-refractivity contribution in [3.8, 4) is 0 Å². The van der Waals surface area contributed by atoms with Crippen LogP contribution < -0.4 is 10.0 Å². The van der Waals surface area contributed by atoms with Gasteiger partial charge in [-0.25, -0.2) is 13.1 Å². The molecule has 3 rings (SSSR count). The minimum absolute atomic E-state index is 0.0828. The van der Waals surface area contributed by atoms with E-state index in [0.29, 0.717) is 16.0 Å². The summed E-state index contributed by atoms with van der Waals surface area (Å²) in [6.07, 6.45) is 3.69. The van der Waals surface area contributed by atoms with Gasteiger partial charge in [-0.2, -0.15) is 0 Å². The van der Waals surface area contributed by atoms with E-state index in [9.17, 15) is 13.2 Å². The van der Waals surface area contributed by atoms with Crippen LogP contribution in [0.4, 0.5) is 0 Å². The second-order valence-corrected chi connectivity index (χ2v) is 10.0. The number of nitrogens with zero attached hydrogens (tertiary/aromatic N) is 2. The average Bonchev–Trinajstić information content (AvgIpc) is 2.69. The SMILES string of the molecule is Cc1cc(C)c(S(=O)(=O)NCCC(=O)NC2CCN(Cc3ccccn3)CC2)c(C)c1. The summed E-state index contributed by atoms with van der Waals surface area (Å²) in [6.45, 7) is 8.24. The predicted molar refractivity (Wildman–Crippen MR) is 121 cm³/mol. The van der Waals surface area contributed by atoms with Crippen molar-refractivity contribution < 1.29 is 13.2 Å². The molecule has 1 amide bonds. The van der Waals surface area contributed by atoms with E-state index in [1.807, 2.05) is 37.3 Å². The molecule has 1 aromatic heterocycles. The summed E-state index contributed by atoms with van der Waals surface area (Å²) >= 11 is 0. The van der Waals surface area contributed by atoms with Crippen molar-refractivity contribution in [2.45, 2.75) is 57.5 Å². The van der Waals surface area contributed by atoms with Gasteiger partial charge in [-0.3, -0.25) is 14.7 Å². The van der Waals surface area contributed by atoms with Crippen molar-refractivity contribution in [2.75, 3.05) is 19.6 Å². The quantitative estimate of drug-likeness (QED) is 0.653. The monoisotopic (exact) mass is 444 g/mol. The molecule has 0 spiro atoms. The van der Waals surface area contributed by atoms with Gasteiger partial charge in [0.05, 0.1) is 10.6 Å². The Labute approximate surface area is 185 Å². The molecule has 0 aliphatic carbocycles. The van der Waals surface area contributed by atoms with Crippen LogP contribution in [0.1, 0.15) is 41.6 Å². The summed E-state index contributed by atoms with van der Waals surface area (Å²) in [5.74, 6) is -0.122. The number of aromatic nitrogens is 1. The Bertz CT molecular complexity index is 978. The zero-order valence-corrected chi connectivity index (χ0v) is 19.3. The second kappa shape index (κ2) is 10.3. The number of piperidine rings is 1. The van der Waals surface area contributed by atoms with E-state index in [1.165, 1.54) is 0 Å². The first-order chi connectivity index (χ1) is 14.7. The first-order valence-corrected chi connectivity index (χ1v) is 12.2.